The van der Waals surface area contributed by atoms with Crippen LogP contribution in [0.5, 0.6) is 0 Å². The Hall–Kier alpha value is -2.07. The van der Waals surface area contributed by atoms with Crippen molar-refractivity contribution in [3.05, 3.63) is 60.4 Å². The smallest absolute Gasteiger partial charge is 0.237 e. The van der Waals surface area contributed by atoms with Gasteiger partial charge in [-0.25, -0.2) is 0 Å². The molecule has 2 rings (SSSR count). The van der Waals surface area contributed by atoms with Crippen molar-refractivity contribution in [1.29, 1.82) is 0 Å². The number of carbonyl (C=O) groups is 1. The van der Waals surface area contributed by atoms with Gasteiger partial charge in [0.15, 0.2) is 0 Å². The van der Waals surface area contributed by atoms with Crippen molar-refractivity contribution in [2.24, 2.45) is 5.73 Å². The number of hydrogen-bond acceptors (Lipinski definition) is 2. The molecule has 1 heterocycles. The quantitative estimate of drug-likeness (QED) is 0.816. The Labute approximate surface area is 113 Å². The van der Waals surface area contributed by atoms with Gasteiger partial charge < -0.3 is 15.6 Å². The number of nitrogens with zero attached hydrogens (tertiary/aromatic N) is 1. The van der Waals surface area contributed by atoms with E-state index in [9.17, 15) is 4.79 Å². The summed E-state index contributed by atoms with van der Waals surface area (Å²) in [4.78, 5) is 11.8. The molecule has 19 heavy (non-hydrogen) atoms. The zero-order valence-corrected chi connectivity index (χ0v) is 10.8. The number of carbonyl (C=O) groups excluding carboxylic acids is 1. The van der Waals surface area contributed by atoms with Crippen molar-refractivity contribution in [3.63, 3.8) is 0 Å². The molecule has 0 aliphatic carbocycles. The van der Waals surface area contributed by atoms with E-state index < -0.39 is 6.04 Å². The fraction of sp³-hybridized carbons (Fsp3) is 0.267. The summed E-state index contributed by atoms with van der Waals surface area (Å²) in [5.41, 5.74) is 6.97. The molecule has 0 bridgehead atoms. The summed E-state index contributed by atoms with van der Waals surface area (Å²) in [6.07, 6.45) is 4.50. The monoisotopic (exact) mass is 257 g/mol. The van der Waals surface area contributed by atoms with Crippen LogP contribution in [0, 0.1) is 0 Å². The topological polar surface area (TPSA) is 60.1 Å². The third kappa shape index (κ3) is 4.26. The van der Waals surface area contributed by atoms with E-state index in [1.54, 1.807) is 0 Å². The molecule has 0 aliphatic rings. The van der Waals surface area contributed by atoms with E-state index in [2.05, 4.69) is 5.32 Å². The lowest BCUT2D eigenvalue weighted by atomic mass is 10.1. The summed E-state index contributed by atoms with van der Waals surface area (Å²) in [6, 6.07) is 13.2. The maximum atomic E-state index is 11.8. The molecule has 0 saturated carbocycles. The van der Waals surface area contributed by atoms with E-state index in [1.807, 2.05) is 59.4 Å². The van der Waals surface area contributed by atoms with Gasteiger partial charge in [0, 0.05) is 25.5 Å². The summed E-state index contributed by atoms with van der Waals surface area (Å²) in [7, 11) is 0. The number of nitrogens with one attached hydrogen (secondary N) is 1. The van der Waals surface area contributed by atoms with E-state index in [4.69, 9.17) is 5.73 Å². The summed E-state index contributed by atoms with van der Waals surface area (Å²) < 4.78 is 2.02. The average molecular weight is 257 g/mol. The minimum Gasteiger partial charge on any atom is -0.353 e. The highest BCUT2D eigenvalue weighted by Crippen LogP contribution is 2.01. The van der Waals surface area contributed by atoms with Gasteiger partial charge in [-0.15, -0.1) is 0 Å². The normalized spacial score (nSPS) is 12.1. The number of rotatable bonds is 6. The van der Waals surface area contributed by atoms with Crippen LogP contribution in [0.25, 0.3) is 0 Å². The Morgan fingerprint density at radius 1 is 1.16 bits per heavy atom. The number of nitrogens with two attached hydrogens (primary N) is 1. The molecule has 2 aromatic rings. The van der Waals surface area contributed by atoms with Gasteiger partial charge in [0.05, 0.1) is 6.04 Å². The van der Waals surface area contributed by atoms with Gasteiger partial charge >= 0.3 is 0 Å². The Balaban J connectivity index is 1.73. The van der Waals surface area contributed by atoms with Crippen LogP contribution >= 0.6 is 0 Å². The molecule has 1 amide bonds. The first-order valence-corrected chi connectivity index (χ1v) is 6.43. The van der Waals surface area contributed by atoms with Crippen LogP contribution in [0.3, 0.4) is 0 Å². The van der Waals surface area contributed by atoms with E-state index in [-0.39, 0.29) is 5.91 Å². The van der Waals surface area contributed by atoms with Crippen LogP contribution in [-0.2, 0) is 17.8 Å². The van der Waals surface area contributed by atoms with Gasteiger partial charge in [0.2, 0.25) is 5.91 Å². The number of aromatic nitrogens is 1. The molecule has 4 heteroatoms. The molecule has 0 unspecified atom stereocenters. The average Bonchev–Trinajstić information content (AvgIpc) is 2.93. The van der Waals surface area contributed by atoms with E-state index in [1.165, 1.54) is 0 Å². The third-order valence-corrected chi connectivity index (χ3v) is 2.97. The molecule has 1 atom stereocenters. The van der Waals surface area contributed by atoms with Gasteiger partial charge in [-0.05, 0) is 24.1 Å². The molecule has 3 N–H and O–H groups in total. The fourth-order valence-electron chi connectivity index (χ4n) is 1.92. The van der Waals surface area contributed by atoms with Crippen molar-refractivity contribution >= 4 is 5.91 Å². The fourth-order valence-corrected chi connectivity index (χ4v) is 1.92. The highest BCUT2D eigenvalue weighted by Gasteiger charge is 2.12. The SMILES string of the molecule is N[C@@H](Cc1ccccc1)C(=O)NCCn1cccc1. The standard InChI is InChI=1S/C15H19N3O/c16-14(12-13-6-2-1-3-7-13)15(19)17-8-11-18-9-4-5-10-18/h1-7,9-10,14H,8,11-12,16H2,(H,17,19)/t14-/m0/s1. The summed E-state index contributed by atoms with van der Waals surface area (Å²) in [5, 5.41) is 2.86. The first-order valence-electron chi connectivity index (χ1n) is 6.43. The zero-order valence-electron chi connectivity index (χ0n) is 10.8. The second-order valence-electron chi connectivity index (χ2n) is 4.51. The van der Waals surface area contributed by atoms with Gasteiger partial charge in [-0.3, -0.25) is 4.79 Å². The molecule has 0 aliphatic heterocycles. The lowest BCUT2D eigenvalue weighted by Crippen LogP contribution is -2.43. The number of amides is 1. The predicted molar refractivity (Wildman–Crippen MR) is 75.6 cm³/mol. The maximum absolute atomic E-state index is 11.8. The molecule has 1 aromatic heterocycles. The third-order valence-electron chi connectivity index (χ3n) is 2.97. The second kappa shape index (κ2) is 6.75. The van der Waals surface area contributed by atoms with Crippen molar-refractivity contribution < 1.29 is 4.79 Å². The van der Waals surface area contributed by atoms with Crippen molar-refractivity contribution in [1.82, 2.24) is 9.88 Å². The number of benzene rings is 1. The Morgan fingerprint density at radius 2 is 1.84 bits per heavy atom. The minimum absolute atomic E-state index is 0.101. The van der Waals surface area contributed by atoms with Gasteiger partial charge in [-0.1, -0.05) is 30.3 Å². The summed E-state index contributed by atoms with van der Waals surface area (Å²) in [5.74, 6) is -0.101. The van der Waals surface area contributed by atoms with Gasteiger partial charge in [-0.2, -0.15) is 0 Å². The molecular weight excluding hydrogens is 238 g/mol. The van der Waals surface area contributed by atoms with E-state index in [0.717, 1.165) is 12.1 Å². The van der Waals surface area contributed by atoms with Crippen molar-refractivity contribution in [3.8, 4) is 0 Å². The maximum Gasteiger partial charge on any atom is 0.237 e. The molecule has 1 aromatic carbocycles. The molecule has 0 radical (unpaired) electrons. The van der Waals surface area contributed by atoms with Crippen LogP contribution in [0.2, 0.25) is 0 Å². The second-order valence-corrected chi connectivity index (χ2v) is 4.51. The van der Waals surface area contributed by atoms with Gasteiger partial charge in [0.1, 0.15) is 0 Å². The zero-order chi connectivity index (χ0) is 13.5. The molecule has 0 spiro atoms. The van der Waals surface area contributed by atoms with Crippen molar-refractivity contribution in [2.75, 3.05) is 6.54 Å². The number of hydrogen-bond donors (Lipinski definition) is 2. The van der Waals surface area contributed by atoms with Crippen LogP contribution in [-0.4, -0.2) is 23.1 Å². The van der Waals surface area contributed by atoms with Crippen LogP contribution in [0.15, 0.2) is 54.9 Å². The lowest BCUT2D eigenvalue weighted by molar-refractivity contribution is -0.122. The predicted octanol–water partition coefficient (Wildman–Crippen LogP) is 1.17. The van der Waals surface area contributed by atoms with E-state index in [0.29, 0.717) is 13.0 Å². The van der Waals surface area contributed by atoms with E-state index >= 15 is 0 Å². The largest absolute Gasteiger partial charge is 0.353 e. The van der Waals surface area contributed by atoms with Gasteiger partial charge in [0.25, 0.3) is 0 Å². The lowest BCUT2D eigenvalue weighted by Gasteiger charge is -2.12. The Bertz CT molecular complexity index is 493. The molecule has 0 fully saturated rings. The highest BCUT2D eigenvalue weighted by molar-refractivity contribution is 5.81. The molecule has 100 valence electrons. The first kappa shape index (κ1) is 13.4. The van der Waals surface area contributed by atoms with Crippen LogP contribution in [0.1, 0.15) is 5.56 Å². The summed E-state index contributed by atoms with van der Waals surface area (Å²) >= 11 is 0. The summed E-state index contributed by atoms with van der Waals surface area (Å²) in [6.45, 7) is 1.35. The highest BCUT2D eigenvalue weighted by atomic mass is 16.2. The van der Waals surface area contributed by atoms with Crippen LogP contribution in [0.4, 0.5) is 0 Å². The molecule has 0 saturated heterocycles. The Kier molecular flexibility index (Phi) is 4.75. The minimum atomic E-state index is -0.493. The molecule has 4 nitrogen and oxygen atoms in total. The molecular formula is C15H19N3O. The Morgan fingerprint density at radius 3 is 2.53 bits per heavy atom. The van der Waals surface area contributed by atoms with Crippen molar-refractivity contribution in [2.45, 2.75) is 19.0 Å². The first-order chi connectivity index (χ1) is 9.25. The van der Waals surface area contributed by atoms with Crippen LogP contribution < -0.4 is 11.1 Å².